The smallest absolute Gasteiger partial charge is 0.240 e. The van der Waals surface area contributed by atoms with Gasteiger partial charge in [0, 0.05) is 32.4 Å². The Morgan fingerprint density at radius 1 is 1.30 bits per heavy atom. The van der Waals surface area contributed by atoms with Crippen molar-refractivity contribution in [3.63, 3.8) is 0 Å². The summed E-state index contributed by atoms with van der Waals surface area (Å²) in [5.41, 5.74) is 0.678. The van der Waals surface area contributed by atoms with Gasteiger partial charge in [-0.3, -0.25) is 0 Å². The van der Waals surface area contributed by atoms with Crippen molar-refractivity contribution in [1.29, 1.82) is 0 Å². The van der Waals surface area contributed by atoms with Crippen molar-refractivity contribution in [3.8, 4) is 0 Å². The normalized spacial score (nSPS) is 11.7. The molecule has 6 nitrogen and oxygen atoms in total. The lowest BCUT2D eigenvalue weighted by molar-refractivity contribution is 0.282. The molecule has 7 heteroatoms. The first-order valence-corrected chi connectivity index (χ1v) is 7.67. The van der Waals surface area contributed by atoms with Crippen LogP contribution in [0.3, 0.4) is 0 Å². The molecule has 0 atom stereocenters. The third-order valence-corrected chi connectivity index (χ3v) is 4.45. The van der Waals surface area contributed by atoms with E-state index in [-0.39, 0.29) is 18.0 Å². The van der Waals surface area contributed by atoms with Crippen molar-refractivity contribution < 1.29 is 13.5 Å². The number of benzene rings is 1. The Bertz CT molecular complexity index is 662. The molecule has 20 heavy (non-hydrogen) atoms. The number of nitrogens with zero attached hydrogens (tertiary/aromatic N) is 2. The van der Waals surface area contributed by atoms with Crippen molar-refractivity contribution in [2.45, 2.75) is 17.9 Å². The number of hydrogen-bond donors (Lipinski definition) is 2. The van der Waals surface area contributed by atoms with Gasteiger partial charge in [0.15, 0.2) is 0 Å². The standard InChI is InChI=1S/C13H17N3O3S/c1-16-9-8-14-13(16)6-7-15-20(18,19)12-4-2-11(10-17)3-5-12/h2-5,8-9,15,17H,6-7,10H2,1H3. The molecule has 2 N–H and O–H groups in total. The van der Waals surface area contributed by atoms with Crippen LogP contribution in [0.1, 0.15) is 11.4 Å². The molecule has 0 spiro atoms. The molecule has 2 rings (SSSR count). The van der Waals surface area contributed by atoms with E-state index in [1.165, 1.54) is 12.1 Å². The molecule has 1 heterocycles. The van der Waals surface area contributed by atoms with Gasteiger partial charge in [0.2, 0.25) is 10.0 Å². The average Bonchev–Trinajstić information content (AvgIpc) is 2.84. The van der Waals surface area contributed by atoms with Crippen molar-refractivity contribution >= 4 is 10.0 Å². The molecule has 1 aromatic carbocycles. The number of aliphatic hydroxyl groups excluding tert-OH is 1. The van der Waals surface area contributed by atoms with Crippen LogP contribution >= 0.6 is 0 Å². The maximum absolute atomic E-state index is 12.0. The number of rotatable bonds is 6. The summed E-state index contributed by atoms with van der Waals surface area (Å²) in [4.78, 5) is 4.32. The fraction of sp³-hybridized carbons (Fsp3) is 0.308. The van der Waals surface area contributed by atoms with Crippen molar-refractivity contribution in [2.75, 3.05) is 6.54 Å². The van der Waals surface area contributed by atoms with Crippen LogP contribution in [0.4, 0.5) is 0 Å². The lowest BCUT2D eigenvalue weighted by Crippen LogP contribution is -2.26. The van der Waals surface area contributed by atoms with E-state index >= 15 is 0 Å². The Morgan fingerprint density at radius 2 is 2.00 bits per heavy atom. The zero-order valence-corrected chi connectivity index (χ0v) is 12.0. The van der Waals surface area contributed by atoms with Crippen molar-refractivity contribution in [3.05, 3.63) is 48.0 Å². The largest absolute Gasteiger partial charge is 0.392 e. The number of aromatic nitrogens is 2. The monoisotopic (exact) mass is 295 g/mol. The van der Waals surface area contributed by atoms with Gasteiger partial charge in [0.1, 0.15) is 5.82 Å². The van der Waals surface area contributed by atoms with E-state index in [0.29, 0.717) is 12.0 Å². The summed E-state index contributed by atoms with van der Waals surface area (Å²) in [6.45, 7) is 0.182. The van der Waals surface area contributed by atoms with Gasteiger partial charge < -0.3 is 9.67 Å². The molecular weight excluding hydrogens is 278 g/mol. The second-order valence-corrected chi connectivity index (χ2v) is 6.17. The van der Waals surface area contributed by atoms with Crippen molar-refractivity contribution in [1.82, 2.24) is 14.3 Å². The maximum atomic E-state index is 12.0. The van der Waals surface area contributed by atoms with E-state index in [0.717, 1.165) is 5.82 Å². The fourth-order valence-electron chi connectivity index (χ4n) is 1.79. The predicted molar refractivity (Wildman–Crippen MR) is 74.5 cm³/mol. The van der Waals surface area contributed by atoms with E-state index in [1.54, 1.807) is 18.3 Å². The summed E-state index contributed by atoms with van der Waals surface area (Å²) in [5.74, 6) is 0.823. The Hall–Kier alpha value is -1.70. The Labute approximate surface area is 118 Å². The lowest BCUT2D eigenvalue weighted by Gasteiger charge is -2.07. The molecule has 2 aromatic rings. The minimum atomic E-state index is -3.52. The highest BCUT2D eigenvalue weighted by Gasteiger charge is 2.13. The number of aryl methyl sites for hydroxylation is 1. The number of hydrogen-bond acceptors (Lipinski definition) is 4. The van der Waals surface area contributed by atoms with Crippen LogP contribution in [0.5, 0.6) is 0 Å². The van der Waals surface area contributed by atoms with Gasteiger partial charge in [-0.1, -0.05) is 12.1 Å². The quantitative estimate of drug-likeness (QED) is 0.809. The number of nitrogens with one attached hydrogen (secondary N) is 1. The van der Waals surface area contributed by atoms with Gasteiger partial charge in [-0.05, 0) is 17.7 Å². The van der Waals surface area contributed by atoms with Crippen LogP contribution in [0.15, 0.2) is 41.6 Å². The summed E-state index contributed by atoms with van der Waals surface area (Å²) in [6.07, 6.45) is 4.02. The highest BCUT2D eigenvalue weighted by atomic mass is 32.2. The molecule has 0 aliphatic rings. The number of imidazole rings is 1. The van der Waals surface area contributed by atoms with Gasteiger partial charge in [0.25, 0.3) is 0 Å². The number of aliphatic hydroxyl groups is 1. The maximum Gasteiger partial charge on any atom is 0.240 e. The minimum absolute atomic E-state index is 0.104. The average molecular weight is 295 g/mol. The summed E-state index contributed by atoms with van der Waals surface area (Å²) >= 11 is 0. The van der Waals surface area contributed by atoms with Crippen LogP contribution in [0, 0.1) is 0 Å². The Kier molecular flexibility index (Phi) is 4.53. The Morgan fingerprint density at radius 3 is 2.55 bits per heavy atom. The summed E-state index contributed by atoms with van der Waals surface area (Å²) in [6, 6.07) is 6.14. The first kappa shape index (κ1) is 14.7. The number of sulfonamides is 1. The third kappa shape index (κ3) is 3.44. The van der Waals surface area contributed by atoms with Gasteiger partial charge in [-0.25, -0.2) is 18.1 Å². The van der Waals surface area contributed by atoms with E-state index in [2.05, 4.69) is 9.71 Å². The van der Waals surface area contributed by atoms with E-state index in [4.69, 9.17) is 5.11 Å². The van der Waals surface area contributed by atoms with E-state index < -0.39 is 10.0 Å². The zero-order chi connectivity index (χ0) is 14.6. The summed E-state index contributed by atoms with van der Waals surface area (Å²) in [5, 5.41) is 8.93. The van der Waals surface area contributed by atoms with Gasteiger partial charge in [0.05, 0.1) is 11.5 Å². The van der Waals surface area contributed by atoms with Gasteiger partial charge >= 0.3 is 0 Å². The molecule has 0 radical (unpaired) electrons. The molecule has 0 bridgehead atoms. The SMILES string of the molecule is Cn1ccnc1CCNS(=O)(=O)c1ccc(CO)cc1. The lowest BCUT2D eigenvalue weighted by atomic mass is 10.2. The van der Waals surface area contributed by atoms with Crippen LogP contribution in [0.2, 0.25) is 0 Å². The van der Waals surface area contributed by atoms with Gasteiger partial charge in [-0.2, -0.15) is 0 Å². The van der Waals surface area contributed by atoms with Crippen LogP contribution in [-0.4, -0.2) is 29.6 Å². The highest BCUT2D eigenvalue weighted by molar-refractivity contribution is 7.89. The molecule has 0 aliphatic heterocycles. The molecule has 0 unspecified atom stereocenters. The first-order chi connectivity index (χ1) is 9.53. The second-order valence-electron chi connectivity index (χ2n) is 4.40. The Balaban J connectivity index is 1.98. The molecular formula is C13H17N3O3S. The first-order valence-electron chi connectivity index (χ1n) is 6.18. The second kappa shape index (κ2) is 6.17. The molecule has 0 amide bonds. The van der Waals surface area contributed by atoms with Gasteiger partial charge in [-0.15, -0.1) is 0 Å². The molecule has 0 saturated heterocycles. The topological polar surface area (TPSA) is 84.2 Å². The van der Waals surface area contributed by atoms with E-state index in [1.807, 2.05) is 17.8 Å². The van der Waals surface area contributed by atoms with Crippen LogP contribution < -0.4 is 4.72 Å². The molecule has 1 aromatic heterocycles. The molecule has 0 fully saturated rings. The fourth-order valence-corrected chi connectivity index (χ4v) is 2.82. The third-order valence-electron chi connectivity index (χ3n) is 2.98. The highest BCUT2D eigenvalue weighted by Crippen LogP contribution is 2.10. The molecule has 0 saturated carbocycles. The summed E-state index contributed by atoms with van der Waals surface area (Å²) < 4.78 is 28.5. The van der Waals surface area contributed by atoms with Crippen molar-refractivity contribution in [2.24, 2.45) is 7.05 Å². The minimum Gasteiger partial charge on any atom is -0.392 e. The van der Waals surface area contributed by atoms with Crippen LogP contribution in [0.25, 0.3) is 0 Å². The molecule has 108 valence electrons. The van der Waals surface area contributed by atoms with E-state index in [9.17, 15) is 8.42 Å². The molecule has 0 aliphatic carbocycles. The summed E-state index contributed by atoms with van der Waals surface area (Å²) in [7, 11) is -1.65. The zero-order valence-electron chi connectivity index (χ0n) is 11.2. The van der Waals surface area contributed by atoms with Crippen LogP contribution in [-0.2, 0) is 30.1 Å². The predicted octanol–water partition coefficient (Wildman–Crippen LogP) is 0.433.